The molecular weight excluding hydrogens is 264 g/mol. The second-order valence-electron chi connectivity index (χ2n) is 4.72. The third-order valence-electron chi connectivity index (χ3n) is 3.54. The zero-order valence-corrected chi connectivity index (χ0v) is 10.8. The van der Waals surface area contributed by atoms with Crippen LogP contribution in [0.15, 0.2) is 33.7 Å². The standard InChI is InChI=1S/C13H15BrN2/c14-11-3-1-2-10(8-11)13(4-5-13)9-12-15-6-7-16-12/h1-3,8H,4-7,9H2,(H,15,16). The second kappa shape index (κ2) is 3.88. The molecule has 0 aromatic heterocycles. The molecule has 1 aromatic rings. The van der Waals surface area contributed by atoms with Gasteiger partial charge >= 0.3 is 0 Å². The lowest BCUT2D eigenvalue weighted by atomic mass is 9.92. The Kier molecular flexibility index (Phi) is 2.51. The summed E-state index contributed by atoms with van der Waals surface area (Å²) < 4.78 is 1.18. The average Bonchev–Trinajstić information content (AvgIpc) is 2.87. The molecule has 3 rings (SSSR count). The Labute approximate surface area is 104 Å². The number of halogens is 1. The maximum atomic E-state index is 4.50. The van der Waals surface area contributed by atoms with Crippen LogP contribution in [0.3, 0.4) is 0 Å². The van der Waals surface area contributed by atoms with Crippen molar-refractivity contribution < 1.29 is 0 Å². The minimum atomic E-state index is 0.375. The van der Waals surface area contributed by atoms with Gasteiger partial charge in [0.1, 0.15) is 0 Å². The molecular formula is C13H15BrN2. The van der Waals surface area contributed by atoms with Gasteiger partial charge < -0.3 is 5.32 Å². The molecule has 0 spiro atoms. The molecule has 0 radical (unpaired) electrons. The molecule has 2 aliphatic rings. The maximum Gasteiger partial charge on any atom is 0.0973 e. The minimum Gasteiger partial charge on any atom is -0.372 e. The van der Waals surface area contributed by atoms with Crippen LogP contribution in [0, 0.1) is 0 Å². The molecule has 1 N–H and O–H groups in total. The smallest absolute Gasteiger partial charge is 0.0973 e. The van der Waals surface area contributed by atoms with E-state index < -0.39 is 0 Å². The van der Waals surface area contributed by atoms with Gasteiger partial charge in [-0.2, -0.15) is 0 Å². The maximum absolute atomic E-state index is 4.50. The summed E-state index contributed by atoms with van der Waals surface area (Å²) in [7, 11) is 0. The topological polar surface area (TPSA) is 24.4 Å². The molecule has 1 aliphatic carbocycles. The highest BCUT2D eigenvalue weighted by atomic mass is 79.9. The fourth-order valence-corrected chi connectivity index (χ4v) is 2.82. The third-order valence-corrected chi connectivity index (χ3v) is 4.03. The molecule has 0 amide bonds. The average molecular weight is 279 g/mol. The molecule has 0 atom stereocenters. The normalized spacial score (nSPS) is 21.4. The van der Waals surface area contributed by atoms with E-state index in [1.807, 2.05) is 0 Å². The lowest BCUT2D eigenvalue weighted by Gasteiger charge is -2.16. The molecule has 0 unspecified atom stereocenters. The SMILES string of the molecule is Brc1cccc(C2(CC3=NCCN3)CC2)c1. The first-order chi connectivity index (χ1) is 7.78. The van der Waals surface area contributed by atoms with Crippen molar-refractivity contribution in [3.63, 3.8) is 0 Å². The summed E-state index contributed by atoms with van der Waals surface area (Å²) in [5.41, 5.74) is 1.83. The van der Waals surface area contributed by atoms with Crippen LogP contribution in [0.25, 0.3) is 0 Å². The molecule has 0 bridgehead atoms. The molecule has 84 valence electrons. The van der Waals surface area contributed by atoms with E-state index in [9.17, 15) is 0 Å². The van der Waals surface area contributed by atoms with Gasteiger partial charge in [-0.15, -0.1) is 0 Å². The first-order valence-electron chi connectivity index (χ1n) is 5.82. The first kappa shape index (κ1) is 10.3. The van der Waals surface area contributed by atoms with Crippen LogP contribution in [0.5, 0.6) is 0 Å². The van der Waals surface area contributed by atoms with E-state index in [0.29, 0.717) is 5.41 Å². The summed E-state index contributed by atoms with van der Waals surface area (Å²) in [4.78, 5) is 4.50. The van der Waals surface area contributed by atoms with E-state index in [1.54, 1.807) is 0 Å². The third kappa shape index (κ3) is 1.88. The van der Waals surface area contributed by atoms with Crippen LogP contribution < -0.4 is 5.32 Å². The van der Waals surface area contributed by atoms with Crippen molar-refractivity contribution in [3.05, 3.63) is 34.3 Å². The van der Waals surface area contributed by atoms with Crippen LogP contribution in [0.1, 0.15) is 24.8 Å². The van der Waals surface area contributed by atoms with Gasteiger partial charge in [0.05, 0.1) is 12.4 Å². The van der Waals surface area contributed by atoms with Crippen LogP contribution in [-0.4, -0.2) is 18.9 Å². The second-order valence-corrected chi connectivity index (χ2v) is 5.64. The van der Waals surface area contributed by atoms with Gasteiger partial charge in [-0.3, -0.25) is 4.99 Å². The molecule has 1 fully saturated rings. The highest BCUT2D eigenvalue weighted by molar-refractivity contribution is 9.10. The van der Waals surface area contributed by atoms with Crippen molar-refractivity contribution in [2.45, 2.75) is 24.7 Å². The van der Waals surface area contributed by atoms with E-state index in [0.717, 1.165) is 19.5 Å². The Bertz CT molecular complexity index is 435. The number of benzene rings is 1. The highest BCUT2D eigenvalue weighted by Gasteiger charge is 2.45. The Hall–Kier alpha value is -0.830. The van der Waals surface area contributed by atoms with Crippen LogP contribution >= 0.6 is 15.9 Å². The van der Waals surface area contributed by atoms with Gasteiger partial charge in [-0.25, -0.2) is 0 Å². The van der Waals surface area contributed by atoms with E-state index in [4.69, 9.17) is 0 Å². The summed E-state index contributed by atoms with van der Waals surface area (Å²) in [5.74, 6) is 1.21. The quantitative estimate of drug-likeness (QED) is 0.904. The summed E-state index contributed by atoms with van der Waals surface area (Å²) in [6.45, 7) is 1.97. The predicted molar refractivity (Wildman–Crippen MR) is 70.0 cm³/mol. The fraction of sp³-hybridized carbons (Fsp3) is 0.462. The van der Waals surface area contributed by atoms with Crippen molar-refractivity contribution in [3.8, 4) is 0 Å². The molecule has 16 heavy (non-hydrogen) atoms. The lowest BCUT2D eigenvalue weighted by molar-refractivity contribution is 0.717. The highest BCUT2D eigenvalue weighted by Crippen LogP contribution is 2.51. The summed E-state index contributed by atoms with van der Waals surface area (Å²) in [6.07, 6.45) is 3.68. The van der Waals surface area contributed by atoms with Crippen molar-refractivity contribution in [1.82, 2.24) is 5.32 Å². The van der Waals surface area contributed by atoms with E-state index in [-0.39, 0.29) is 0 Å². The zero-order valence-electron chi connectivity index (χ0n) is 9.17. The number of hydrogen-bond donors (Lipinski definition) is 1. The molecule has 0 saturated heterocycles. The van der Waals surface area contributed by atoms with Crippen LogP contribution in [0.2, 0.25) is 0 Å². The Balaban J connectivity index is 1.82. The Morgan fingerprint density at radius 3 is 2.88 bits per heavy atom. The van der Waals surface area contributed by atoms with Gasteiger partial charge in [0, 0.05) is 22.9 Å². The van der Waals surface area contributed by atoms with Gasteiger partial charge in [0.15, 0.2) is 0 Å². The summed E-state index contributed by atoms with van der Waals surface area (Å²) in [6, 6.07) is 8.71. The van der Waals surface area contributed by atoms with Crippen LogP contribution in [-0.2, 0) is 5.41 Å². The van der Waals surface area contributed by atoms with Gasteiger partial charge in [-0.1, -0.05) is 28.1 Å². The van der Waals surface area contributed by atoms with Crippen molar-refractivity contribution in [2.75, 3.05) is 13.1 Å². The molecule has 1 aliphatic heterocycles. The zero-order chi connectivity index (χ0) is 11.0. The number of aliphatic imine (C=N–C) groups is 1. The number of amidine groups is 1. The van der Waals surface area contributed by atoms with Crippen molar-refractivity contribution >= 4 is 21.8 Å². The van der Waals surface area contributed by atoms with E-state index in [1.165, 1.54) is 28.7 Å². The molecule has 1 saturated carbocycles. The summed E-state index contributed by atoms with van der Waals surface area (Å²) in [5, 5.41) is 3.38. The van der Waals surface area contributed by atoms with E-state index >= 15 is 0 Å². The minimum absolute atomic E-state index is 0.375. The Morgan fingerprint density at radius 1 is 1.38 bits per heavy atom. The monoisotopic (exact) mass is 278 g/mol. The largest absolute Gasteiger partial charge is 0.372 e. The number of hydrogen-bond acceptors (Lipinski definition) is 2. The van der Waals surface area contributed by atoms with Crippen LogP contribution in [0.4, 0.5) is 0 Å². The fourth-order valence-electron chi connectivity index (χ4n) is 2.42. The molecule has 1 heterocycles. The molecule has 2 nitrogen and oxygen atoms in total. The van der Waals surface area contributed by atoms with Gasteiger partial charge in [0.2, 0.25) is 0 Å². The molecule has 3 heteroatoms. The molecule has 1 aromatic carbocycles. The Morgan fingerprint density at radius 2 is 2.25 bits per heavy atom. The number of nitrogens with zero attached hydrogens (tertiary/aromatic N) is 1. The predicted octanol–water partition coefficient (Wildman–Crippen LogP) is 2.87. The van der Waals surface area contributed by atoms with Crippen molar-refractivity contribution in [2.24, 2.45) is 4.99 Å². The lowest BCUT2D eigenvalue weighted by Crippen LogP contribution is -2.23. The first-order valence-corrected chi connectivity index (χ1v) is 6.61. The number of nitrogens with one attached hydrogen (secondary N) is 1. The van der Waals surface area contributed by atoms with Crippen molar-refractivity contribution in [1.29, 1.82) is 0 Å². The van der Waals surface area contributed by atoms with E-state index in [2.05, 4.69) is 50.5 Å². The van der Waals surface area contributed by atoms with Gasteiger partial charge in [0.25, 0.3) is 0 Å². The number of rotatable bonds is 3. The summed E-state index contributed by atoms with van der Waals surface area (Å²) >= 11 is 3.55. The van der Waals surface area contributed by atoms with Gasteiger partial charge in [-0.05, 0) is 30.5 Å².